The lowest BCUT2D eigenvalue weighted by Gasteiger charge is -2.28. The van der Waals surface area contributed by atoms with Gasteiger partial charge in [0.25, 0.3) is 0 Å². The normalized spacial score (nSPS) is 11.5. The first kappa shape index (κ1) is 12.6. The quantitative estimate of drug-likeness (QED) is 0.626. The van der Waals surface area contributed by atoms with Crippen LogP contribution in [0.25, 0.3) is 0 Å². The van der Waals surface area contributed by atoms with Gasteiger partial charge in [-0.25, -0.2) is 5.84 Å². The average Bonchev–Trinajstić information content (AvgIpc) is 2.91. The van der Waals surface area contributed by atoms with Crippen molar-refractivity contribution in [3.8, 4) is 0 Å². The van der Waals surface area contributed by atoms with E-state index in [0.717, 1.165) is 12.8 Å². The highest BCUT2D eigenvalue weighted by molar-refractivity contribution is 5.33. The lowest BCUT2D eigenvalue weighted by atomic mass is 9.75. The van der Waals surface area contributed by atoms with E-state index in [1.807, 2.05) is 18.2 Å². The Bertz CT molecular complexity index is 491. The molecule has 96 valence electrons. The SMILES string of the molecule is CCC(CC)(c1ccccc1)c1noc(NN)n1. The predicted octanol–water partition coefficient (Wildman–Crippen LogP) is 2.46. The van der Waals surface area contributed by atoms with Gasteiger partial charge in [0.05, 0.1) is 5.41 Å². The molecular formula is C13H18N4O. The monoisotopic (exact) mass is 246 g/mol. The minimum atomic E-state index is -0.222. The number of aromatic nitrogens is 2. The third kappa shape index (κ3) is 1.97. The van der Waals surface area contributed by atoms with Gasteiger partial charge in [0.2, 0.25) is 0 Å². The second-order valence-electron chi connectivity index (χ2n) is 4.22. The molecule has 0 spiro atoms. The van der Waals surface area contributed by atoms with Crippen molar-refractivity contribution in [2.45, 2.75) is 32.1 Å². The fraction of sp³-hybridized carbons (Fsp3) is 0.385. The largest absolute Gasteiger partial charge is 0.335 e. The maximum absolute atomic E-state index is 5.28. The van der Waals surface area contributed by atoms with Gasteiger partial charge in [-0.2, -0.15) is 4.98 Å². The molecule has 18 heavy (non-hydrogen) atoms. The summed E-state index contributed by atoms with van der Waals surface area (Å²) in [7, 11) is 0. The lowest BCUT2D eigenvalue weighted by Crippen LogP contribution is -2.27. The zero-order valence-electron chi connectivity index (χ0n) is 10.7. The van der Waals surface area contributed by atoms with Crippen molar-refractivity contribution in [1.29, 1.82) is 0 Å². The van der Waals surface area contributed by atoms with E-state index >= 15 is 0 Å². The van der Waals surface area contributed by atoms with E-state index in [4.69, 9.17) is 10.4 Å². The molecule has 3 N–H and O–H groups in total. The minimum Gasteiger partial charge on any atom is -0.314 e. The fourth-order valence-corrected chi connectivity index (χ4v) is 2.34. The summed E-state index contributed by atoms with van der Waals surface area (Å²) in [6.07, 6.45) is 1.80. The number of nitrogens with two attached hydrogens (primary N) is 1. The summed E-state index contributed by atoms with van der Waals surface area (Å²) in [6, 6.07) is 10.5. The second-order valence-corrected chi connectivity index (χ2v) is 4.22. The topological polar surface area (TPSA) is 77.0 Å². The molecule has 5 nitrogen and oxygen atoms in total. The van der Waals surface area contributed by atoms with Crippen molar-refractivity contribution in [3.05, 3.63) is 41.7 Å². The maximum atomic E-state index is 5.28. The number of nitrogens with one attached hydrogen (secondary N) is 1. The van der Waals surface area contributed by atoms with E-state index in [1.165, 1.54) is 5.56 Å². The van der Waals surface area contributed by atoms with Gasteiger partial charge in [0.15, 0.2) is 5.82 Å². The smallest absolute Gasteiger partial charge is 0.314 e. The number of benzene rings is 1. The van der Waals surface area contributed by atoms with Crippen LogP contribution >= 0.6 is 0 Å². The minimum absolute atomic E-state index is 0.222. The third-order valence-electron chi connectivity index (χ3n) is 3.51. The Morgan fingerprint density at radius 1 is 1.22 bits per heavy atom. The van der Waals surface area contributed by atoms with E-state index in [9.17, 15) is 0 Å². The van der Waals surface area contributed by atoms with Gasteiger partial charge < -0.3 is 4.52 Å². The van der Waals surface area contributed by atoms with Crippen LogP contribution in [-0.4, -0.2) is 10.1 Å². The van der Waals surface area contributed by atoms with Gasteiger partial charge in [0, 0.05) is 0 Å². The molecule has 5 heteroatoms. The van der Waals surface area contributed by atoms with Crippen molar-refractivity contribution >= 4 is 6.01 Å². The first-order valence-corrected chi connectivity index (χ1v) is 6.13. The standard InChI is InChI=1S/C13H18N4O/c1-3-13(4-2,10-8-6-5-7-9-10)11-15-12(16-14)18-17-11/h5-9H,3-4,14H2,1-2H3,(H,15,16,17). The van der Waals surface area contributed by atoms with Crippen molar-refractivity contribution < 1.29 is 4.52 Å². The summed E-state index contributed by atoms with van der Waals surface area (Å²) >= 11 is 0. The summed E-state index contributed by atoms with van der Waals surface area (Å²) in [5.74, 6) is 5.95. The van der Waals surface area contributed by atoms with Crippen LogP contribution in [0.3, 0.4) is 0 Å². The molecule has 1 heterocycles. The maximum Gasteiger partial charge on any atom is 0.335 e. The average molecular weight is 246 g/mol. The zero-order valence-corrected chi connectivity index (χ0v) is 10.7. The summed E-state index contributed by atoms with van der Waals surface area (Å²) in [4.78, 5) is 4.31. The molecule has 1 aromatic heterocycles. The van der Waals surface area contributed by atoms with E-state index < -0.39 is 0 Å². The van der Waals surface area contributed by atoms with Crippen molar-refractivity contribution in [2.75, 3.05) is 5.43 Å². The van der Waals surface area contributed by atoms with Crippen LogP contribution < -0.4 is 11.3 Å². The van der Waals surface area contributed by atoms with Crippen LogP contribution in [0.4, 0.5) is 6.01 Å². The Balaban J connectivity index is 2.50. The number of nitrogen functional groups attached to an aromatic ring is 1. The number of hydrazine groups is 1. The van der Waals surface area contributed by atoms with Gasteiger partial charge in [-0.3, -0.25) is 5.43 Å². The molecule has 0 aliphatic carbocycles. The molecular weight excluding hydrogens is 228 g/mol. The zero-order chi connectivity index (χ0) is 13.0. The number of rotatable bonds is 5. The number of hydrogen-bond acceptors (Lipinski definition) is 5. The summed E-state index contributed by atoms with van der Waals surface area (Å²) in [5, 5.41) is 4.05. The van der Waals surface area contributed by atoms with Gasteiger partial charge >= 0.3 is 6.01 Å². The van der Waals surface area contributed by atoms with E-state index in [-0.39, 0.29) is 11.4 Å². The van der Waals surface area contributed by atoms with Crippen LogP contribution in [-0.2, 0) is 5.41 Å². The Morgan fingerprint density at radius 3 is 2.39 bits per heavy atom. The first-order valence-electron chi connectivity index (χ1n) is 6.13. The Hall–Kier alpha value is -1.88. The fourth-order valence-electron chi connectivity index (χ4n) is 2.34. The number of nitrogens with zero attached hydrogens (tertiary/aromatic N) is 2. The Kier molecular flexibility index (Phi) is 3.62. The summed E-state index contributed by atoms with van der Waals surface area (Å²) in [5.41, 5.74) is 3.35. The molecule has 0 aliphatic rings. The Labute approximate surface area is 106 Å². The van der Waals surface area contributed by atoms with Gasteiger partial charge in [-0.15, -0.1) is 0 Å². The van der Waals surface area contributed by atoms with Gasteiger partial charge in [-0.1, -0.05) is 49.3 Å². The second kappa shape index (κ2) is 5.18. The van der Waals surface area contributed by atoms with Crippen LogP contribution in [0.2, 0.25) is 0 Å². The van der Waals surface area contributed by atoms with Gasteiger partial charge in [0.1, 0.15) is 0 Å². The highest BCUT2D eigenvalue weighted by Gasteiger charge is 2.35. The molecule has 0 atom stereocenters. The van der Waals surface area contributed by atoms with Crippen LogP contribution in [0.1, 0.15) is 38.1 Å². The molecule has 0 radical (unpaired) electrons. The molecule has 0 fully saturated rings. The molecule has 2 rings (SSSR count). The van der Waals surface area contributed by atoms with Crippen molar-refractivity contribution in [1.82, 2.24) is 10.1 Å². The highest BCUT2D eigenvalue weighted by Crippen LogP contribution is 2.37. The molecule has 0 saturated carbocycles. The Morgan fingerprint density at radius 2 is 1.89 bits per heavy atom. The molecule has 0 saturated heterocycles. The van der Waals surface area contributed by atoms with E-state index in [2.05, 4.69) is 41.5 Å². The van der Waals surface area contributed by atoms with Crippen molar-refractivity contribution in [3.63, 3.8) is 0 Å². The highest BCUT2D eigenvalue weighted by atomic mass is 16.5. The first-order chi connectivity index (χ1) is 8.76. The van der Waals surface area contributed by atoms with Crippen LogP contribution in [0.15, 0.2) is 34.9 Å². The van der Waals surface area contributed by atoms with Crippen LogP contribution in [0, 0.1) is 0 Å². The predicted molar refractivity (Wildman–Crippen MR) is 69.9 cm³/mol. The summed E-state index contributed by atoms with van der Waals surface area (Å²) in [6.45, 7) is 4.25. The van der Waals surface area contributed by atoms with Crippen LogP contribution in [0.5, 0.6) is 0 Å². The lowest BCUT2D eigenvalue weighted by molar-refractivity contribution is 0.382. The molecule has 1 aromatic carbocycles. The molecule has 0 amide bonds. The van der Waals surface area contributed by atoms with Gasteiger partial charge in [-0.05, 0) is 18.4 Å². The summed E-state index contributed by atoms with van der Waals surface area (Å²) < 4.78 is 5.05. The third-order valence-corrected chi connectivity index (χ3v) is 3.51. The van der Waals surface area contributed by atoms with E-state index in [1.54, 1.807) is 0 Å². The molecule has 0 aliphatic heterocycles. The van der Waals surface area contributed by atoms with E-state index in [0.29, 0.717) is 5.82 Å². The number of hydrogen-bond donors (Lipinski definition) is 2. The number of anilines is 1. The molecule has 2 aromatic rings. The molecule has 0 bridgehead atoms. The molecule has 0 unspecified atom stereocenters. The van der Waals surface area contributed by atoms with Crippen molar-refractivity contribution in [2.24, 2.45) is 5.84 Å².